The Morgan fingerprint density at radius 1 is 1.17 bits per heavy atom. The van der Waals surface area contributed by atoms with Gasteiger partial charge in [-0.25, -0.2) is 0 Å². The molecule has 0 atom stereocenters. The topological polar surface area (TPSA) is 64.9 Å². The van der Waals surface area contributed by atoms with Crippen LogP contribution in [0.2, 0.25) is 0 Å². The second-order valence-corrected chi connectivity index (χ2v) is 5.73. The minimum atomic E-state index is -4.38. The summed E-state index contributed by atoms with van der Waals surface area (Å²) in [5, 5.41) is 14.8. The first-order chi connectivity index (χ1) is 10.8. The van der Waals surface area contributed by atoms with Gasteiger partial charge in [0, 0.05) is 5.69 Å². The molecule has 124 valence electrons. The molecule has 0 bridgehead atoms. The van der Waals surface area contributed by atoms with E-state index in [1.807, 2.05) is 0 Å². The number of amides is 1. The number of halogens is 3. The summed E-state index contributed by atoms with van der Waals surface area (Å²) in [6.45, 7) is -0.0885. The Morgan fingerprint density at radius 2 is 1.78 bits per heavy atom. The third-order valence-electron chi connectivity index (χ3n) is 3.97. The van der Waals surface area contributed by atoms with Crippen molar-refractivity contribution in [2.45, 2.75) is 43.8 Å². The van der Waals surface area contributed by atoms with Crippen molar-refractivity contribution in [3.63, 3.8) is 0 Å². The molecule has 1 aromatic rings. The highest BCUT2D eigenvalue weighted by Gasteiger charge is 2.33. The molecule has 4 nitrogen and oxygen atoms in total. The number of nitrogens with zero attached hydrogens (tertiary/aromatic N) is 1. The summed E-state index contributed by atoms with van der Waals surface area (Å²) in [6, 6.07) is 6.65. The van der Waals surface area contributed by atoms with Gasteiger partial charge in [-0.05, 0) is 37.1 Å². The average Bonchev–Trinajstić information content (AvgIpc) is 2.53. The largest absolute Gasteiger partial charge is 0.416 e. The van der Waals surface area contributed by atoms with Crippen LogP contribution in [-0.4, -0.2) is 18.0 Å². The van der Waals surface area contributed by atoms with Crippen LogP contribution >= 0.6 is 0 Å². The molecular formula is C16H18F3N3O. The molecule has 1 saturated carbocycles. The van der Waals surface area contributed by atoms with Gasteiger partial charge in [0.05, 0.1) is 18.2 Å². The maximum Gasteiger partial charge on any atom is 0.416 e. The lowest BCUT2D eigenvalue weighted by molar-refractivity contribution is -0.137. The molecule has 1 aromatic carbocycles. The van der Waals surface area contributed by atoms with Crippen molar-refractivity contribution in [1.29, 1.82) is 5.26 Å². The number of nitrogens with one attached hydrogen (secondary N) is 2. The molecule has 0 unspecified atom stereocenters. The summed E-state index contributed by atoms with van der Waals surface area (Å²) >= 11 is 0. The molecule has 0 radical (unpaired) electrons. The number of rotatable bonds is 4. The minimum Gasteiger partial charge on any atom is -0.376 e. The van der Waals surface area contributed by atoms with E-state index in [1.165, 1.54) is 12.1 Å². The van der Waals surface area contributed by atoms with Crippen LogP contribution in [0, 0.1) is 11.3 Å². The first-order valence-electron chi connectivity index (χ1n) is 7.48. The first kappa shape index (κ1) is 17.1. The molecule has 0 spiro atoms. The van der Waals surface area contributed by atoms with Gasteiger partial charge in [-0.3, -0.25) is 4.79 Å². The van der Waals surface area contributed by atoms with Crippen LogP contribution in [0.1, 0.15) is 37.7 Å². The SMILES string of the molecule is N#CC1(NC(=O)CNc2ccc(C(F)(F)F)cc2)CCCCC1. The van der Waals surface area contributed by atoms with Gasteiger partial charge < -0.3 is 10.6 Å². The highest BCUT2D eigenvalue weighted by Crippen LogP contribution is 2.30. The van der Waals surface area contributed by atoms with E-state index in [1.54, 1.807) is 0 Å². The van der Waals surface area contributed by atoms with Crippen molar-refractivity contribution in [2.24, 2.45) is 0 Å². The molecule has 0 aromatic heterocycles. The number of nitriles is 1. The third kappa shape index (κ3) is 4.62. The monoisotopic (exact) mass is 325 g/mol. The normalized spacial score (nSPS) is 17.1. The molecule has 1 fully saturated rings. The number of benzene rings is 1. The van der Waals surface area contributed by atoms with Crippen molar-refractivity contribution in [1.82, 2.24) is 5.32 Å². The van der Waals surface area contributed by atoms with E-state index in [0.29, 0.717) is 18.5 Å². The minimum absolute atomic E-state index is 0.0885. The predicted octanol–water partition coefficient (Wildman–Crippen LogP) is 3.46. The van der Waals surface area contributed by atoms with E-state index in [-0.39, 0.29) is 12.5 Å². The smallest absolute Gasteiger partial charge is 0.376 e. The number of hydrogen-bond acceptors (Lipinski definition) is 3. The highest BCUT2D eigenvalue weighted by molar-refractivity contribution is 5.81. The highest BCUT2D eigenvalue weighted by atomic mass is 19.4. The van der Waals surface area contributed by atoms with Crippen LogP contribution in [0.5, 0.6) is 0 Å². The number of alkyl halides is 3. The molecule has 1 aliphatic carbocycles. The molecule has 0 saturated heterocycles. The van der Waals surface area contributed by atoms with Crippen molar-refractivity contribution >= 4 is 11.6 Å². The summed E-state index contributed by atoms with van der Waals surface area (Å²) in [5.74, 6) is -0.339. The fourth-order valence-electron chi connectivity index (χ4n) is 2.69. The Kier molecular flexibility index (Phi) is 5.14. The van der Waals surface area contributed by atoms with E-state index in [4.69, 9.17) is 0 Å². The average molecular weight is 325 g/mol. The number of carbonyl (C=O) groups excluding carboxylic acids is 1. The van der Waals surface area contributed by atoms with Gasteiger partial charge in [0.2, 0.25) is 5.91 Å². The van der Waals surface area contributed by atoms with Crippen LogP contribution < -0.4 is 10.6 Å². The maximum absolute atomic E-state index is 12.5. The zero-order valence-corrected chi connectivity index (χ0v) is 12.5. The Morgan fingerprint density at radius 3 is 2.30 bits per heavy atom. The first-order valence-corrected chi connectivity index (χ1v) is 7.48. The molecule has 1 amide bonds. The van der Waals surface area contributed by atoms with Gasteiger partial charge >= 0.3 is 6.18 Å². The van der Waals surface area contributed by atoms with Crippen LogP contribution in [0.3, 0.4) is 0 Å². The lowest BCUT2D eigenvalue weighted by atomic mass is 9.83. The standard InChI is InChI=1S/C16H18F3N3O/c17-16(18,19)12-4-6-13(7-5-12)21-10-14(23)22-15(11-20)8-2-1-3-9-15/h4-7,21H,1-3,8-10H2,(H,22,23). The summed E-state index contributed by atoms with van der Waals surface area (Å²) < 4.78 is 37.4. The molecule has 0 heterocycles. The Bertz CT molecular complexity index is 584. The van der Waals surface area contributed by atoms with Gasteiger partial charge in [0.1, 0.15) is 5.54 Å². The maximum atomic E-state index is 12.5. The van der Waals surface area contributed by atoms with Crippen LogP contribution in [0.15, 0.2) is 24.3 Å². The van der Waals surface area contributed by atoms with E-state index < -0.39 is 17.3 Å². The zero-order valence-electron chi connectivity index (χ0n) is 12.5. The number of carbonyl (C=O) groups is 1. The second-order valence-electron chi connectivity index (χ2n) is 5.73. The Hall–Kier alpha value is -2.23. The van der Waals surface area contributed by atoms with E-state index in [9.17, 15) is 23.2 Å². The van der Waals surface area contributed by atoms with Crippen molar-refractivity contribution in [3.8, 4) is 6.07 Å². The lowest BCUT2D eigenvalue weighted by Gasteiger charge is -2.31. The Labute approximate surface area is 132 Å². The summed E-state index contributed by atoms with van der Waals surface area (Å²) in [4.78, 5) is 12.0. The molecular weight excluding hydrogens is 307 g/mol. The summed E-state index contributed by atoms with van der Waals surface area (Å²) in [7, 11) is 0. The van der Waals surface area contributed by atoms with Gasteiger partial charge in [-0.15, -0.1) is 0 Å². The van der Waals surface area contributed by atoms with E-state index in [2.05, 4.69) is 16.7 Å². The van der Waals surface area contributed by atoms with Gasteiger partial charge in [-0.1, -0.05) is 19.3 Å². The third-order valence-corrected chi connectivity index (χ3v) is 3.97. The molecule has 1 aliphatic rings. The lowest BCUT2D eigenvalue weighted by Crippen LogP contribution is -2.50. The predicted molar refractivity (Wildman–Crippen MR) is 79.5 cm³/mol. The van der Waals surface area contributed by atoms with Crippen molar-refractivity contribution in [3.05, 3.63) is 29.8 Å². The quantitative estimate of drug-likeness (QED) is 0.891. The van der Waals surface area contributed by atoms with E-state index in [0.717, 1.165) is 31.4 Å². The molecule has 7 heteroatoms. The molecule has 2 rings (SSSR count). The van der Waals surface area contributed by atoms with Gasteiger partial charge in [0.25, 0.3) is 0 Å². The fourth-order valence-corrected chi connectivity index (χ4v) is 2.69. The van der Waals surface area contributed by atoms with E-state index >= 15 is 0 Å². The second kappa shape index (κ2) is 6.90. The van der Waals surface area contributed by atoms with Gasteiger partial charge in [-0.2, -0.15) is 18.4 Å². The Balaban J connectivity index is 1.88. The summed E-state index contributed by atoms with van der Waals surface area (Å²) in [6.07, 6.45) is -0.245. The summed E-state index contributed by atoms with van der Waals surface area (Å²) in [5.41, 5.74) is -1.13. The number of anilines is 1. The molecule has 0 aliphatic heterocycles. The molecule has 2 N–H and O–H groups in total. The van der Waals surface area contributed by atoms with Crippen molar-refractivity contribution in [2.75, 3.05) is 11.9 Å². The zero-order chi connectivity index (χ0) is 16.9. The fraction of sp³-hybridized carbons (Fsp3) is 0.500. The van der Waals surface area contributed by atoms with Gasteiger partial charge in [0.15, 0.2) is 0 Å². The van der Waals surface area contributed by atoms with Crippen LogP contribution in [0.4, 0.5) is 18.9 Å². The van der Waals surface area contributed by atoms with Crippen LogP contribution in [-0.2, 0) is 11.0 Å². The van der Waals surface area contributed by atoms with Crippen LogP contribution in [0.25, 0.3) is 0 Å². The molecule has 23 heavy (non-hydrogen) atoms. The number of hydrogen-bond donors (Lipinski definition) is 2. The van der Waals surface area contributed by atoms with Crippen molar-refractivity contribution < 1.29 is 18.0 Å².